The first-order chi connectivity index (χ1) is 32.6. The Balaban J connectivity index is 1.85. The van der Waals surface area contributed by atoms with Crippen molar-refractivity contribution >= 4 is 103 Å². The second-order valence-corrected chi connectivity index (χ2v) is 25.7. The fourth-order valence-electron chi connectivity index (χ4n) is 8.88. The maximum Gasteiger partial charge on any atom is 0.0215 e. The monoisotopic (exact) mass is 1010 g/mol. The van der Waals surface area contributed by atoms with Crippen molar-refractivity contribution in [1.29, 1.82) is 0 Å². The minimum atomic E-state index is 1.17. The van der Waals surface area contributed by atoms with Gasteiger partial charge in [0.05, 0.1) is 0 Å². The number of hydrogen-bond donors (Lipinski definition) is 0. The molecule has 4 rings (SSSR count). The van der Waals surface area contributed by atoms with Gasteiger partial charge in [-0.1, -0.05) is 176 Å². The van der Waals surface area contributed by atoms with Gasteiger partial charge < -0.3 is 0 Å². The molecule has 0 bridgehead atoms. The molecule has 6 heteroatoms. The first-order valence-corrected chi connectivity index (χ1v) is 33.4. The first kappa shape index (κ1) is 58.1. The number of hydrogen-bond acceptors (Lipinski definition) is 6. The lowest BCUT2D eigenvalue weighted by atomic mass is 9.94. The van der Waals surface area contributed by atoms with Gasteiger partial charge in [-0.05, 0) is 155 Å². The molecule has 0 unspecified atom stereocenters. The fourth-order valence-corrected chi connectivity index (χ4v) is 15.8. The number of rotatable bonds is 42. The summed E-state index contributed by atoms with van der Waals surface area (Å²) in [7, 11) is 0. The van der Waals surface area contributed by atoms with E-state index in [1.54, 1.807) is 0 Å². The standard InChI is InChI=1S/C60H94S6/c1-7-13-19-25-26-27-28-29-30-36-42-66-60-48-54-52-46-58(64-40-34-23-17-11-5)56(62-38-32-21-15-9-3)44-50(52)49-43-55(61-37-31-20-14-8-2)57(63-39-33-22-16-10-4)45-51(49)53(54)47-59(60)65-41-35-24-18-12-6/h7,43-48H,1,8-42H2,2-6H3. The number of allylic oxidation sites excluding steroid dienone is 1. The van der Waals surface area contributed by atoms with Gasteiger partial charge in [-0.25, -0.2) is 0 Å². The fraction of sp³-hybridized carbons (Fsp3) is 0.667. The SMILES string of the molecule is C=CCCCCCCCCCCSc1cc2c3cc(SCCCCCC)c(SCCCCCC)cc3c3cc(SCCCCCC)c(SCCCCCC)cc3c2cc1SCCCCCC. The van der Waals surface area contributed by atoms with Gasteiger partial charge in [-0.15, -0.1) is 77.2 Å². The molecule has 0 aliphatic carbocycles. The van der Waals surface area contributed by atoms with E-state index in [0.29, 0.717) is 0 Å². The summed E-state index contributed by atoms with van der Waals surface area (Å²) < 4.78 is 0. The molecule has 66 heavy (non-hydrogen) atoms. The highest BCUT2D eigenvalue weighted by atomic mass is 32.2. The van der Waals surface area contributed by atoms with E-state index in [-0.39, 0.29) is 0 Å². The summed E-state index contributed by atoms with van der Waals surface area (Å²) in [5, 5.41) is 8.90. The number of unbranched alkanes of at least 4 members (excludes halogenated alkanes) is 23. The van der Waals surface area contributed by atoms with Crippen LogP contribution in [-0.4, -0.2) is 34.5 Å². The third-order valence-corrected chi connectivity index (χ3v) is 20.2. The Morgan fingerprint density at radius 2 is 0.455 bits per heavy atom. The molecule has 0 N–H and O–H groups in total. The molecule has 0 aromatic heterocycles. The maximum absolute atomic E-state index is 3.90. The lowest BCUT2D eigenvalue weighted by Gasteiger charge is -2.20. The predicted octanol–water partition coefficient (Wildman–Crippen LogP) is 23.3. The summed E-state index contributed by atoms with van der Waals surface area (Å²) in [5.41, 5.74) is 0. The molecule has 0 saturated carbocycles. The van der Waals surface area contributed by atoms with Crippen molar-refractivity contribution in [3.8, 4) is 0 Å². The van der Waals surface area contributed by atoms with E-state index in [4.69, 9.17) is 0 Å². The van der Waals surface area contributed by atoms with E-state index in [0.717, 1.165) is 0 Å². The molecule has 4 aromatic carbocycles. The molecule has 0 aliphatic rings. The molecular formula is C60H94S6. The first-order valence-electron chi connectivity index (χ1n) is 27.5. The Kier molecular flexibility index (Phi) is 32.8. The molecule has 0 saturated heterocycles. The van der Waals surface area contributed by atoms with Gasteiger partial charge in [0.1, 0.15) is 0 Å². The molecule has 0 nitrogen and oxygen atoms in total. The summed E-state index contributed by atoms with van der Waals surface area (Å²) in [4.78, 5) is 9.14. The molecule has 370 valence electrons. The zero-order valence-electron chi connectivity index (χ0n) is 42.9. The summed E-state index contributed by atoms with van der Waals surface area (Å²) in [6, 6.07) is 16.0. The maximum atomic E-state index is 3.90. The van der Waals surface area contributed by atoms with Gasteiger partial charge >= 0.3 is 0 Å². The predicted molar refractivity (Wildman–Crippen MR) is 316 cm³/mol. The van der Waals surface area contributed by atoms with Crippen LogP contribution in [0.4, 0.5) is 0 Å². The number of thioether (sulfide) groups is 6. The Bertz CT molecular complexity index is 1850. The summed E-state index contributed by atoms with van der Waals surface area (Å²) >= 11 is 12.9. The molecule has 0 aliphatic heterocycles. The van der Waals surface area contributed by atoms with Crippen LogP contribution in [0.5, 0.6) is 0 Å². The largest absolute Gasteiger partial charge is 0.125 e. The van der Waals surface area contributed by atoms with Crippen LogP contribution < -0.4 is 0 Å². The third kappa shape index (κ3) is 21.5. The molecule has 4 aromatic rings. The van der Waals surface area contributed by atoms with Gasteiger partial charge in [0.25, 0.3) is 0 Å². The van der Waals surface area contributed by atoms with Crippen LogP contribution in [0.3, 0.4) is 0 Å². The zero-order chi connectivity index (χ0) is 46.9. The second-order valence-electron chi connectivity index (χ2n) is 18.8. The van der Waals surface area contributed by atoms with Gasteiger partial charge in [0, 0.05) is 29.4 Å². The topological polar surface area (TPSA) is 0 Å². The van der Waals surface area contributed by atoms with Crippen molar-refractivity contribution in [1.82, 2.24) is 0 Å². The van der Waals surface area contributed by atoms with E-state index >= 15 is 0 Å². The van der Waals surface area contributed by atoms with Crippen LogP contribution in [-0.2, 0) is 0 Å². The van der Waals surface area contributed by atoms with Crippen LogP contribution >= 0.6 is 70.6 Å². The third-order valence-electron chi connectivity index (χ3n) is 13.0. The van der Waals surface area contributed by atoms with Crippen molar-refractivity contribution in [2.45, 2.75) is 250 Å². The lowest BCUT2D eigenvalue weighted by molar-refractivity contribution is 0.579. The zero-order valence-corrected chi connectivity index (χ0v) is 47.8. The second kappa shape index (κ2) is 37.3. The van der Waals surface area contributed by atoms with Gasteiger partial charge in [-0.2, -0.15) is 0 Å². The highest BCUT2D eigenvalue weighted by Crippen LogP contribution is 2.47. The highest BCUT2D eigenvalue weighted by Gasteiger charge is 2.19. The minimum absolute atomic E-state index is 1.17. The van der Waals surface area contributed by atoms with Crippen LogP contribution in [0.15, 0.2) is 78.4 Å². The van der Waals surface area contributed by atoms with E-state index in [1.165, 1.54) is 282 Å². The Morgan fingerprint density at radius 1 is 0.273 bits per heavy atom. The number of benzene rings is 4. The lowest BCUT2D eigenvalue weighted by Crippen LogP contribution is -1.94. The van der Waals surface area contributed by atoms with E-state index in [9.17, 15) is 0 Å². The van der Waals surface area contributed by atoms with Crippen molar-refractivity contribution in [2.24, 2.45) is 0 Å². The Hall–Kier alpha value is -0.500. The van der Waals surface area contributed by atoms with Crippen LogP contribution in [0.1, 0.15) is 221 Å². The van der Waals surface area contributed by atoms with Gasteiger partial charge in [0.2, 0.25) is 0 Å². The molecule has 0 radical (unpaired) electrons. The van der Waals surface area contributed by atoms with E-state index < -0.39 is 0 Å². The molecule has 0 atom stereocenters. The molecule has 0 heterocycles. The highest BCUT2D eigenvalue weighted by molar-refractivity contribution is 8.03. The smallest absolute Gasteiger partial charge is 0.0215 e. The molecule has 0 amide bonds. The van der Waals surface area contributed by atoms with Gasteiger partial charge in [0.15, 0.2) is 0 Å². The average molecular weight is 1010 g/mol. The molecule has 0 fully saturated rings. The van der Waals surface area contributed by atoms with Gasteiger partial charge in [-0.3, -0.25) is 0 Å². The van der Waals surface area contributed by atoms with Crippen LogP contribution in [0.25, 0.3) is 32.3 Å². The van der Waals surface area contributed by atoms with Crippen molar-refractivity contribution in [2.75, 3.05) is 34.5 Å². The van der Waals surface area contributed by atoms with Crippen LogP contribution in [0.2, 0.25) is 0 Å². The quantitative estimate of drug-likeness (QED) is 0.0186. The summed E-state index contributed by atoms with van der Waals surface area (Å²) in [5.74, 6) is 7.30. The van der Waals surface area contributed by atoms with Crippen LogP contribution in [0, 0.1) is 0 Å². The molecular weight excluding hydrogens is 913 g/mol. The van der Waals surface area contributed by atoms with Crippen molar-refractivity contribution < 1.29 is 0 Å². The average Bonchev–Trinajstić information content (AvgIpc) is 3.33. The normalized spacial score (nSPS) is 11.8. The van der Waals surface area contributed by atoms with E-state index in [2.05, 4.69) is 154 Å². The van der Waals surface area contributed by atoms with Crippen molar-refractivity contribution in [3.05, 3.63) is 49.1 Å². The Labute approximate surface area is 433 Å². The summed E-state index contributed by atoms with van der Waals surface area (Å²) in [6.07, 6.45) is 40.6. The van der Waals surface area contributed by atoms with E-state index in [1.807, 2.05) is 0 Å². The minimum Gasteiger partial charge on any atom is -0.125 e. The van der Waals surface area contributed by atoms with Crippen molar-refractivity contribution in [3.63, 3.8) is 0 Å². The number of fused-ring (bicyclic) bond motifs is 6. The molecule has 0 spiro atoms. The summed E-state index contributed by atoms with van der Waals surface area (Å²) in [6.45, 7) is 15.6. The Morgan fingerprint density at radius 3 is 0.652 bits per heavy atom.